The Morgan fingerprint density at radius 2 is 2.00 bits per heavy atom. The third-order valence-electron chi connectivity index (χ3n) is 5.24. The van der Waals surface area contributed by atoms with Crippen molar-refractivity contribution in [3.8, 4) is 0 Å². The topological polar surface area (TPSA) is 41.6 Å². The van der Waals surface area contributed by atoms with E-state index < -0.39 is 0 Å². The van der Waals surface area contributed by atoms with E-state index in [0.717, 1.165) is 52.0 Å². The standard InChI is InChI=1S/C15H26N2O2/c1-2-19-12-3-9-17(10-4-12)14(18)13-11-15(13)5-7-16-8-6-15/h12-13,16H,2-11H2,1H3. The van der Waals surface area contributed by atoms with Gasteiger partial charge in [0.05, 0.1) is 6.10 Å². The fraction of sp³-hybridized carbons (Fsp3) is 0.933. The molecule has 1 unspecified atom stereocenters. The van der Waals surface area contributed by atoms with Gasteiger partial charge in [-0.25, -0.2) is 0 Å². The Bertz CT molecular complexity index is 331. The molecule has 0 aromatic heterocycles. The van der Waals surface area contributed by atoms with Crippen molar-refractivity contribution < 1.29 is 9.53 Å². The number of amides is 1. The number of nitrogens with zero attached hydrogens (tertiary/aromatic N) is 1. The minimum atomic E-state index is 0.332. The van der Waals surface area contributed by atoms with Crippen molar-refractivity contribution in [2.45, 2.75) is 45.1 Å². The maximum Gasteiger partial charge on any atom is 0.226 e. The normalized spacial score (nSPS) is 30.6. The maximum absolute atomic E-state index is 12.6. The first-order valence-electron chi connectivity index (χ1n) is 7.86. The second-order valence-corrected chi connectivity index (χ2v) is 6.35. The molecule has 19 heavy (non-hydrogen) atoms. The van der Waals surface area contributed by atoms with Gasteiger partial charge in [0.1, 0.15) is 0 Å². The number of carbonyl (C=O) groups excluding carboxylic acids is 1. The molecule has 2 heterocycles. The number of ether oxygens (including phenoxy) is 1. The van der Waals surface area contributed by atoms with E-state index in [2.05, 4.69) is 10.2 Å². The molecule has 1 N–H and O–H groups in total. The van der Waals surface area contributed by atoms with Gasteiger partial charge < -0.3 is 15.0 Å². The van der Waals surface area contributed by atoms with Crippen LogP contribution in [0.2, 0.25) is 0 Å². The van der Waals surface area contributed by atoms with Gasteiger partial charge in [0.25, 0.3) is 0 Å². The van der Waals surface area contributed by atoms with Gasteiger partial charge in [-0.3, -0.25) is 4.79 Å². The number of hydrogen-bond donors (Lipinski definition) is 1. The van der Waals surface area contributed by atoms with Crippen LogP contribution in [0.5, 0.6) is 0 Å². The van der Waals surface area contributed by atoms with E-state index in [4.69, 9.17) is 4.74 Å². The third-order valence-corrected chi connectivity index (χ3v) is 5.24. The Morgan fingerprint density at radius 3 is 2.63 bits per heavy atom. The molecular weight excluding hydrogens is 240 g/mol. The summed E-state index contributed by atoms with van der Waals surface area (Å²) in [6.07, 6.45) is 5.93. The summed E-state index contributed by atoms with van der Waals surface area (Å²) < 4.78 is 5.65. The first-order valence-corrected chi connectivity index (χ1v) is 7.86. The van der Waals surface area contributed by atoms with Crippen LogP contribution in [-0.4, -0.2) is 49.7 Å². The highest BCUT2D eigenvalue weighted by molar-refractivity contribution is 5.82. The molecule has 1 saturated carbocycles. The first kappa shape index (κ1) is 13.4. The molecule has 0 bridgehead atoms. The fourth-order valence-corrected chi connectivity index (χ4v) is 3.87. The molecular formula is C15H26N2O2. The fourth-order valence-electron chi connectivity index (χ4n) is 3.87. The molecule has 3 fully saturated rings. The zero-order chi connectivity index (χ0) is 13.3. The Balaban J connectivity index is 1.50. The number of carbonyl (C=O) groups is 1. The van der Waals surface area contributed by atoms with Crippen molar-refractivity contribution >= 4 is 5.91 Å². The van der Waals surface area contributed by atoms with Crippen molar-refractivity contribution in [3.63, 3.8) is 0 Å². The van der Waals surface area contributed by atoms with Crippen molar-refractivity contribution in [3.05, 3.63) is 0 Å². The minimum absolute atomic E-state index is 0.332. The van der Waals surface area contributed by atoms with Crippen molar-refractivity contribution in [2.24, 2.45) is 11.3 Å². The van der Waals surface area contributed by atoms with Crippen LogP contribution in [0.1, 0.15) is 39.0 Å². The molecule has 0 aromatic rings. The van der Waals surface area contributed by atoms with Crippen LogP contribution >= 0.6 is 0 Å². The summed E-state index contributed by atoms with van der Waals surface area (Å²) >= 11 is 0. The Kier molecular flexibility index (Phi) is 3.81. The molecule has 0 radical (unpaired) electrons. The maximum atomic E-state index is 12.6. The summed E-state index contributed by atoms with van der Waals surface area (Å²) in [6.45, 7) is 6.81. The summed E-state index contributed by atoms with van der Waals surface area (Å²) in [5.74, 6) is 0.759. The Hall–Kier alpha value is -0.610. The van der Waals surface area contributed by atoms with E-state index in [1.807, 2.05) is 6.92 Å². The number of hydrogen-bond acceptors (Lipinski definition) is 3. The first-order chi connectivity index (χ1) is 9.25. The van der Waals surface area contributed by atoms with E-state index in [1.165, 1.54) is 12.8 Å². The zero-order valence-electron chi connectivity index (χ0n) is 12.0. The van der Waals surface area contributed by atoms with Crippen LogP contribution < -0.4 is 5.32 Å². The number of likely N-dealkylation sites (tertiary alicyclic amines) is 1. The highest BCUT2D eigenvalue weighted by Gasteiger charge is 2.58. The summed E-state index contributed by atoms with van der Waals surface area (Å²) in [7, 11) is 0. The SMILES string of the molecule is CCOC1CCN(C(=O)C2CC23CCNCC3)CC1. The van der Waals surface area contributed by atoms with Crippen LogP contribution in [0.4, 0.5) is 0 Å². The quantitative estimate of drug-likeness (QED) is 0.839. The summed E-state index contributed by atoms with van der Waals surface area (Å²) in [5.41, 5.74) is 0.374. The number of rotatable bonds is 3. The van der Waals surface area contributed by atoms with E-state index in [-0.39, 0.29) is 0 Å². The predicted octanol–water partition coefficient (Wildman–Crippen LogP) is 1.40. The second-order valence-electron chi connectivity index (χ2n) is 6.35. The monoisotopic (exact) mass is 266 g/mol. The molecule has 4 nitrogen and oxygen atoms in total. The van der Waals surface area contributed by atoms with Gasteiger partial charge in [-0.15, -0.1) is 0 Å². The molecule has 1 aliphatic carbocycles. The minimum Gasteiger partial charge on any atom is -0.378 e. The van der Waals surface area contributed by atoms with Crippen molar-refractivity contribution in [2.75, 3.05) is 32.8 Å². The molecule has 2 aliphatic heterocycles. The lowest BCUT2D eigenvalue weighted by molar-refractivity contribution is -0.136. The second kappa shape index (κ2) is 5.41. The highest BCUT2D eigenvalue weighted by Crippen LogP contribution is 2.59. The molecule has 0 aromatic carbocycles. The van der Waals surface area contributed by atoms with Gasteiger partial charge in [-0.1, -0.05) is 0 Å². The van der Waals surface area contributed by atoms with Crippen molar-refractivity contribution in [1.82, 2.24) is 10.2 Å². The summed E-state index contributed by atoms with van der Waals surface area (Å²) in [4.78, 5) is 14.7. The van der Waals surface area contributed by atoms with E-state index in [0.29, 0.717) is 23.3 Å². The van der Waals surface area contributed by atoms with E-state index >= 15 is 0 Å². The van der Waals surface area contributed by atoms with Crippen LogP contribution in [0.3, 0.4) is 0 Å². The lowest BCUT2D eigenvalue weighted by Crippen LogP contribution is -2.43. The predicted molar refractivity (Wildman–Crippen MR) is 73.9 cm³/mol. The molecule has 2 saturated heterocycles. The smallest absolute Gasteiger partial charge is 0.226 e. The largest absolute Gasteiger partial charge is 0.378 e. The van der Waals surface area contributed by atoms with Gasteiger partial charge in [-0.2, -0.15) is 0 Å². The Morgan fingerprint density at radius 1 is 1.32 bits per heavy atom. The molecule has 3 aliphatic rings. The van der Waals surface area contributed by atoms with Crippen LogP contribution in [0.25, 0.3) is 0 Å². The molecule has 4 heteroatoms. The van der Waals surface area contributed by atoms with Gasteiger partial charge in [0.15, 0.2) is 0 Å². The van der Waals surface area contributed by atoms with Gasteiger partial charge in [0, 0.05) is 25.6 Å². The van der Waals surface area contributed by atoms with Gasteiger partial charge in [0.2, 0.25) is 5.91 Å². The lowest BCUT2D eigenvalue weighted by atomic mass is 9.91. The molecule has 1 atom stereocenters. The zero-order valence-corrected chi connectivity index (χ0v) is 12.0. The van der Waals surface area contributed by atoms with Crippen molar-refractivity contribution in [1.29, 1.82) is 0 Å². The third kappa shape index (κ3) is 2.65. The molecule has 1 amide bonds. The average molecular weight is 266 g/mol. The number of piperidine rings is 2. The van der Waals surface area contributed by atoms with Crippen LogP contribution in [0, 0.1) is 11.3 Å². The summed E-state index contributed by atoms with van der Waals surface area (Å²) in [6, 6.07) is 0. The van der Waals surface area contributed by atoms with E-state index in [9.17, 15) is 4.79 Å². The van der Waals surface area contributed by atoms with E-state index in [1.54, 1.807) is 0 Å². The molecule has 108 valence electrons. The van der Waals surface area contributed by atoms with Gasteiger partial charge in [-0.05, 0) is 57.5 Å². The van der Waals surface area contributed by atoms with Crippen LogP contribution in [-0.2, 0) is 9.53 Å². The molecule has 3 rings (SSSR count). The Labute approximate surface area is 115 Å². The number of nitrogens with one attached hydrogen (secondary N) is 1. The molecule has 1 spiro atoms. The average Bonchev–Trinajstić information content (AvgIpc) is 3.13. The highest BCUT2D eigenvalue weighted by atomic mass is 16.5. The van der Waals surface area contributed by atoms with Crippen LogP contribution in [0.15, 0.2) is 0 Å². The summed E-state index contributed by atoms with van der Waals surface area (Å²) in [5, 5.41) is 3.40. The lowest BCUT2D eigenvalue weighted by Gasteiger charge is -2.33. The van der Waals surface area contributed by atoms with Gasteiger partial charge >= 0.3 is 0 Å².